The van der Waals surface area contributed by atoms with Gasteiger partial charge in [-0.05, 0) is 74.2 Å². The Morgan fingerprint density at radius 1 is 1.12 bits per heavy atom. The number of amides is 1. The number of carbonyl (C=O) groups excluding carboxylic acids is 1. The Balaban J connectivity index is 1.53. The molecule has 4 rings (SSSR count). The van der Waals surface area contributed by atoms with Crippen LogP contribution in [-0.4, -0.2) is 35.1 Å². The predicted molar refractivity (Wildman–Crippen MR) is 110 cm³/mol. The zero-order valence-corrected chi connectivity index (χ0v) is 16.3. The molecule has 138 valence electrons. The molecule has 5 heteroatoms. The van der Waals surface area contributed by atoms with Gasteiger partial charge in [-0.25, -0.2) is 0 Å². The second kappa shape index (κ2) is 7.39. The molecule has 2 saturated heterocycles. The molecule has 0 unspecified atom stereocenters. The van der Waals surface area contributed by atoms with E-state index in [0.29, 0.717) is 10.8 Å². The minimum absolute atomic E-state index is 0.0307. The first kappa shape index (κ1) is 17.5. The lowest BCUT2D eigenvalue weighted by Gasteiger charge is -2.29. The summed E-state index contributed by atoms with van der Waals surface area (Å²) in [5.41, 5.74) is 4.23. The van der Waals surface area contributed by atoms with Crippen LogP contribution in [-0.2, 0) is 4.79 Å². The molecule has 1 N–H and O–H groups in total. The van der Waals surface area contributed by atoms with Gasteiger partial charge in [-0.15, -0.1) is 0 Å². The number of rotatable bonds is 3. The van der Waals surface area contributed by atoms with Gasteiger partial charge in [0.1, 0.15) is 5.70 Å². The molecule has 1 aromatic carbocycles. The van der Waals surface area contributed by atoms with Crippen molar-refractivity contribution in [1.82, 2.24) is 10.2 Å². The van der Waals surface area contributed by atoms with Crippen LogP contribution >= 0.6 is 12.2 Å². The summed E-state index contributed by atoms with van der Waals surface area (Å²) < 4.78 is 0. The van der Waals surface area contributed by atoms with Crippen LogP contribution in [0.5, 0.6) is 0 Å². The molecular formula is C21H27N3OS. The lowest BCUT2D eigenvalue weighted by atomic mass is 9.94. The lowest BCUT2D eigenvalue weighted by molar-refractivity contribution is -0.124. The van der Waals surface area contributed by atoms with Crippen LogP contribution in [0.1, 0.15) is 56.1 Å². The summed E-state index contributed by atoms with van der Waals surface area (Å²) >= 11 is 5.46. The summed E-state index contributed by atoms with van der Waals surface area (Å²) in [5.74, 6) is 0.0307. The van der Waals surface area contributed by atoms with Gasteiger partial charge < -0.3 is 10.2 Å². The van der Waals surface area contributed by atoms with Crippen molar-refractivity contribution in [3.63, 3.8) is 0 Å². The van der Waals surface area contributed by atoms with Crippen LogP contribution in [0.4, 0.5) is 5.69 Å². The van der Waals surface area contributed by atoms with Crippen LogP contribution in [0, 0.1) is 6.92 Å². The predicted octanol–water partition coefficient (Wildman–Crippen LogP) is 3.99. The summed E-state index contributed by atoms with van der Waals surface area (Å²) in [6.45, 7) is 4.44. The van der Waals surface area contributed by atoms with E-state index < -0.39 is 0 Å². The third-order valence-corrected chi connectivity index (χ3v) is 6.13. The van der Waals surface area contributed by atoms with Gasteiger partial charge in [0.2, 0.25) is 0 Å². The molecular weight excluding hydrogens is 342 g/mol. The molecule has 1 saturated carbocycles. The molecule has 2 heterocycles. The van der Waals surface area contributed by atoms with Crippen LogP contribution < -0.4 is 10.2 Å². The van der Waals surface area contributed by atoms with Crippen molar-refractivity contribution >= 4 is 35.0 Å². The fourth-order valence-corrected chi connectivity index (χ4v) is 4.81. The Bertz CT molecular complexity index is 746. The number of nitrogens with zero attached hydrogens (tertiary/aromatic N) is 2. The first-order valence-electron chi connectivity index (χ1n) is 9.85. The molecule has 4 nitrogen and oxygen atoms in total. The van der Waals surface area contributed by atoms with Crippen molar-refractivity contribution in [1.29, 1.82) is 0 Å². The number of carbonyl (C=O) groups is 1. The SMILES string of the molecule is Cc1cc(C=C2NC(=S)N(C3CCCCC3)C2=O)ccc1N1CCCC1. The molecule has 1 aliphatic carbocycles. The van der Waals surface area contributed by atoms with E-state index >= 15 is 0 Å². The summed E-state index contributed by atoms with van der Waals surface area (Å²) in [6.07, 6.45) is 10.3. The van der Waals surface area contributed by atoms with Crippen molar-refractivity contribution in [2.75, 3.05) is 18.0 Å². The van der Waals surface area contributed by atoms with Gasteiger partial charge >= 0.3 is 0 Å². The van der Waals surface area contributed by atoms with Gasteiger partial charge in [-0.1, -0.05) is 25.3 Å². The summed E-state index contributed by atoms with van der Waals surface area (Å²) in [4.78, 5) is 17.1. The number of thiocarbonyl (C=S) groups is 1. The Hall–Kier alpha value is -1.88. The van der Waals surface area contributed by atoms with Crippen LogP contribution in [0.3, 0.4) is 0 Å². The fraction of sp³-hybridized carbons (Fsp3) is 0.524. The van der Waals surface area contributed by atoms with Gasteiger partial charge in [-0.2, -0.15) is 0 Å². The number of benzene rings is 1. The zero-order chi connectivity index (χ0) is 18.1. The highest BCUT2D eigenvalue weighted by molar-refractivity contribution is 7.80. The molecule has 0 atom stereocenters. The Morgan fingerprint density at radius 2 is 1.85 bits per heavy atom. The average molecular weight is 370 g/mol. The first-order chi connectivity index (χ1) is 12.6. The van der Waals surface area contributed by atoms with Gasteiger partial charge in [-0.3, -0.25) is 9.69 Å². The molecule has 3 fully saturated rings. The smallest absolute Gasteiger partial charge is 0.276 e. The molecule has 1 aromatic rings. The first-order valence-corrected chi connectivity index (χ1v) is 10.3. The van der Waals surface area contributed by atoms with E-state index in [1.807, 2.05) is 11.0 Å². The summed E-state index contributed by atoms with van der Waals surface area (Å²) in [6, 6.07) is 6.72. The molecule has 0 radical (unpaired) electrons. The number of nitrogens with one attached hydrogen (secondary N) is 1. The second-order valence-corrected chi connectivity index (χ2v) is 8.08. The topological polar surface area (TPSA) is 35.6 Å². The molecule has 1 amide bonds. The quantitative estimate of drug-likeness (QED) is 0.646. The van der Waals surface area contributed by atoms with E-state index in [-0.39, 0.29) is 11.9 Å². The summed E-state index contributed by atoms with van der Waals surface area (Å²) in [5, 5.41) is 3.72. The third kappa shape index (κ3) is 3.37. The number of aryl methyl sites for hydroxylation is 1. The minimum Gasteiger partial charge on any atom is -0.371 e. The monoisotopic (exact) mass is 369 g/mol. The van der Waals surface area contributed by atoms with Crippen molar-refractivity contribution in [3.05, 3.63) is 35.0 Å². The number of anilines is 1. The molecule has 0 spiro atoms. The normalized spacial score (nSPS) is 23.2. The molecule has 0 aromatic heterocycles. The zero-order valence-electron chi connectivity index (χ0n) is 15.5. The molecule has 26 heavy (non-hydrogen) atoms. The average Bonchev–Trinajstić information content (AvgIpc) is 3.25. The Labute approximate surface area is 161 Å². The third-order valence-electron chi connectivity index (χ3n) is 5.83. The van der Waals surface area contributed by atoms with Gasteiger partial charge in [0.15, 0.2) is 5.11 Å². The van der Waals surface area contributed by atoms with E-state index in [4.69, 9.17) is 12.2 Å². The van der Waals surface area contributed by atoms with E-state index in [1.54, 1.807) is 0 Å². The van der Waals surface area contributed by atoms with Crippen LogP contribution in [0.2, 0.25) is 0 Å². The second-order valence-electron chi connectivity index (χ2n) is 7.70. The summed E-state index contributed by atoms with van der Waals surface area (Å²) in [7, 11) is 0. The lowest BCUT2D eigenvalue weighted by Crippen LogP contribution is -2.41. The van der Waals surface area contributed by atoms with Gasteiger partial charge in [0, 0.05) is 24.8 Å². The van der Waals surface area contributed by atoms with Crippen molar-refractivity contribution in [2.24, 2.45) is 0 Å². The largest absolute Gasteiger partial charge is 0.371 e. The van der Waals surface area contributed by atoms with Crippen LogP contribution in [0.15, 0.2) is 23.9 Å². The highest BCUT2D eigenvalue weighted by Crippen LogP contribution is 2.28. The maximum Gasteiger partial charge on any atom is 0.276 e. The Morgan fingerprint density at radius 3 is 2.54 bits per heavy atom. The maximum absolute atomic E-state index is 12.9. The van der Waals surface area contributed by atoms with Crippen molar-refractivity contribution in [3.8, 4) is 0 Å². The van der Waals surface area contributed by atoms with E-state index in [0.717, 1.165) is 31.5 Å². The standard InChI is InChI=1S/C21H27N3OS/c1-15-13-16(9-10-19(15)23-11-5-6-12-23)14-18-20(25)24(21(26)22-18)17-7-3-2-4-8-17/h9-10,13-14,17H,2-8,11-12H2,1H3,(H,22,26). The number of hydrogen-bond donors (Lipinski definition) is 1. The maximum atomic E-state index is 12.9. The van der Waals surface area contributed by atoms with Crippen LogP contribution in [0.25, 0.3) is 6.08 Å². The highest BCUT2D eigenvalue weighted by Gasteiger charge is 2.36. The van der Waals surface area contributed by atoms with Crippen molar-refractivity contribution < 1.29 is 4.79 Å². The fourth-order valence-electron chi connectivity index (χ4n) is 4.47. The van der Waals surface area contributed by atoms with E-state index in [2.05, 4.69) is 35.3 Å². The highest BCUT2D eigenvalue weighted by atomic mass is 32.1. The molecule has 3 aliphatic rings. The van der Waals surface area contributed by atoms with E-state index in [1.165, 1.54) is 43.4 Å². The minimum atomic E-state index is 0.0307. The van der Waals surface area contributed by atoms with Gasteiger partial charge in [0.05, 0.1) is 0 Å². The molecule has 0 bridgehead atoms. The number of hydrogen-bond acceptors (Lipinski definition) is 3. The molecule has 2 aliphatic heterocycles. The van der Waals surface area contributed by atoms with Crippen molar-refractivity contribution in [2.45, 2.75) is 57.9 Å². The Kier molecular flexibility index (Phi) is 4.98. The van der Waals surface area contributed by atoms with E-state index in [9.17, 15) is 4.79 Å². The van der Waals surface area contributed by atoms with Gasteiger partial charge in [0.25, 0.3) is 5.91 Å².